The van der Waals surface area contributed by atoms with Crippen LogP contribution in [0.2, 0.25) is 0 Å². The number of nitrogens with two attached hydrogens (primary N) is 1. The van der Waals surface area contributed by atoms with Gasteiger partial charge in [-0.3, -0.25) is 9.59 Å². The summed E-state index contributed by atoms with van der Waals surface area (Å²) >= 11 is 0. The Morgan fingerprint density at radius 1 is 1.09 bits per heavy atom. The Kier molecular flexibility index (Phi) is 7.88. The van der Waals surface area contributed by atoms with E-state index >= 15 is 0 Å². The minimum absolute atomic E-state index is 0.000113. The van der Waals surface area contributed by atoms with Crippen LogP contribution < -0.4 is 5.73 Å². The number of Topliss-reactive ketones (excluding diaryl/α,β-unsaturated/α-hetero) is 1. The first-order chi connectivity index (χ1) is 16.5. The topological polar surface area (TPSA) is 160 Å². The summed E-state index contributed by atoms with van der Waals surface area (Å²) in [4.78, 5) is 40.6. The number of carbonyl (C=O) groups excluding carboxylic acids is 3. The Hall–Kier alpha value is -1.59. The molecular weight excluding hydrogens is 456 g/mol. The summed E-state index contributed by atoms with van der Waals surface area (Å²) in [5.41, 5.74) is 5.78. The smallest absolute Gasteiger partial charge is 0.329 e. The summed E-state index contributed by atoms with van der Waals surface area (Å²) in [6, 6.07) is -0.907. The molecule has 0 bridgehead atoms. The van der Waals surface area contributed by atoms with Crippen molar-refractivity contribution in [3.8, 4) is 0 Å². The van der Waals surface area contributed by atoms with Crippen molar-refractivity contribution in [1.82, 2.24) is 4.90 Å². The molecule has 0 aromatic rings. The summed E-state index contributed by atoms with van der Waals surface area (Å²) in [5.74, 6) is -5.16. The van der Waals surface area contributed by atoms with Gasteiger partial charge in [0.2, 0.25) is 5.79 Å². The van der Waals surface area contributed by atoms with Gasteiger partial charge in [-0.25, -0.2) is 4.79 Å². The first-order valence-corrected chi connectivity index (χ1v) is 13.1. The quantitative estimate of drug-likeness (QED) is 0.313. The van der Waals surface area contributed by atoms with Crippen LogP contribution in [-0.4, -0.2) is 80.8 Å². The van der Waals surface area contributed by atoms with E-state index in [4.69, 9.17) is 15.2 Å². The predicted octanol–water partition coefficient (Wildman–Crippen LogP) is 0.446. The van der Waals surface area contributed by atoms with Crippen molar-refractivity contribution in [1.29, 1.82) is 0 Å². The number of fused-ring (bicyclic) bond motifs is 1. The zero-order chi connectivity index (χ0) is 25.5. The van der Waals surface area contributed by atoms with E-state index < -0.39 is 59.9 Å². The molecule has 35 heavy (non-hydrogen) atoms. The van der Waals surface area contributed by atoms with Crippen LogP contribution >= 0.6 is 0 Å². The number of ether oxygens (including phenoxy) is 2. The lowest BCUT2D eigenvalue weighted by Gasteiger charge is -2.41. The molecular formula is C25H40N2O8. The maximum atomic E-state index is 13.2. The van der Waals surface area contributed by atoms with Gasteiger partial charge >= 0.3 is 5.97 Å². The van der Waals surface area contributed by atoms with Crippen molar-refractivity contribution in [2.75, 3.05) is 6.54 Å². The minimum Gasteiger partial charge on any atom is -0.461 e. The molecule has 10 unspecified atom stereocenters. The first-order valence-electron chi connectivity index (χ1n) is 13.1. The summed E-state index contributed by atoms with van der Waals surface area (Å²) in [7, 11) is 0. The number of carbonyl (C=O) groups is 3. The van der Waals surface area contributed by atoms with Crippen LogP contribution in [0.4, 0.5) is 0 Å². The van der Waals surface area contributed by atoms with E-state index in [1.807, 2.05) is 6.92 Å². The molecule has 2 saturated carbocycles. The maximum absolute atomic E-state index is 13.2. The van der Waals surface area contributed by atoms with Gasteiger partial charge in [0, 0.05) is 12.5 Å². The van der Waals surface area contributed by atoms with Crippen LogP contribution in [-0.2, 0) is 23.9 Å². The molecule has 0 aromatic heterocycles. The standard InChI is InChI=1S/C25H40N2O8/c1-13-6-9-20(26)35-25(13,33)22(30)23(31)27-10-4-3-5-18(27)24(32)34-14(2)16-11-15-7-8-19(28)21(29)17(15)12-16/h13-21,28-29,33H,3-12,26H2,1-2H3. The van der Waals surface area contributed by atoms with Gasteiger partial charge in [-0.15, -0.1) is 0 Å². The van der Waals surface area contributed by atoms with Crippen molar-refractivity contribution in [3.63, 3.8) is 0 Å². The number of aliphatic hydroxyl groups is 3. The van der Waals surface area contributed by atoms with Gasteiger partial charge < -0.3 is 35.4 Å². The van der Waals surface area contributed by atoms with Crippen LogP contribution in [0.25, 0.3) is 0 Å². The van der Waals surface area contributed by atoms with E-state index in [2.05, 4.69) is 0 Å². The number of nitrogens with zero attached hydrogens (tertiary/aromatic N) is 1. The Morgan fingerprint density at radius 2 is 1.83 bits per heavy atom. The molecule has 10 heteroatoms. The van der Waals surface area contributed by atoms with Crippen molar-refractivity contribution < 1.29 is 39.2 Å². The number of ketones is 1. The number of hydrogen-bond donors (Lipinski definition) is 4. The number of rotatable bonds is 5. The monoisotopic (exact) mass is 496 g/mol. The van der Waals surface area contributed by atoms with Gasteiger partial charge in [0.1, 0.15) is 18.4 Å². The number of aliphatic hydroxyl groups excluding tert-OH is 2. The first kappa shape index (κ1) is 26.5. The third-order valence-corrected chi connectivity index (χ3v) is 8.86. The van der Waals surface area contributed by atoms with E-state index in [1.165, 1.54) is 4.90 Å². The summed E-state index contributed by atoms with van der Waals surface area (Å²) in [5, 5.41) is 31.3. The molecule has 0 radical (unpaired) electrons. The zero-order valence-corrected chi connectivity index (χ0v) is 20.7. The molecule has 2 aliphatic carbocycles. The highest BCUT2D eigenvalue weighted by Crippen LogP contribution is 2.47. The van der Waals surface area contributed by atoms with E-state index in [0.717, 1.165) is 12.8 Å². The Balaban J connectivity index is 1.40. The largest absolute Gasteiger partial charge is 0.461 e. The lowest BCUT2D eigenvalue weighted by molar-refractivity contribution is -0.261. The molecule has 2 aliphatic heterocycles. The molecule has 4 rings (SSSR count). The average Bonchev–Trinajstić information content (AvgIpc) is 3.28. The highest BCUT2D eigenvalue weighted by molar-refractivity contribution is 6.39. The Bertz CT molecular complexity index is 823. The van der Waals surface area contributed by atoms with Crippen molar-refractivity contribution in [3.05, 3.63) is 0 Å². The number of hydrogen-bond acceptors (Lipinski definition) is 9. The van der Waals surface area contributed by atoms with Crippen LogP contribution in [0.1, 0.15) is 71.6 Å². The number of amides is 1. The lowest BCUT2D eigenvalue weighted by atomic mass is 9.78. The summed E-state index contributed by atoms with van der Waals surface area (Å²) < 4.78 is 11.1. The highest BCUT2D eigenvalue weighted by atomic mass is 16.6. The molecule has 5 N–H and O–H groups in total. The second kappa shape index (κ2) is 10.4. The normalized spacial score (nSPS) is 42.7. The maximum Gasteiger partial charge on any atom is 0.329 e. The van der Waals surface area contributed by atoms with E-state index in [1.54, 1.807) is 6.92 Å². The Labute approximate surface area is 206 Å². The van der Waals surface area contributed by atoms with Gasteiger partial charge in [0.15, 0.2) is 0 Å². The fraction of sp³-hybridized carbons (Fsp3) is 0.880. The van der Waals surface area contributed by atoms with Crippen LogP contribution in [0.3, 0.4) is 0 Å². The van der Waals surface area contributed by atoms with Crippen molar-refractivity contribution in [2.24, 2.45) is 29.4 Å². The van der Waals surface area contributed by atoms with Crippen molar-refractivity contribution >= 4 is 17.7 Å². The lowest BCUT2D eigenvalue weighted by Crippen LogP contribution is -2.61. The SMILES string of the molecule is CC(OC(=O)C1CCCCN1C(=O)C(=O)C1(O)OC(N)CCC1C)C1CC2CCC(O)C(O)C2C1. The molecule has 4 aliphatic rings. The van der Waals surface area contributed by atoms with Crippen LogP contribution in [0, 0.1) is 23.7 Å². The summed E-state index contributed by atoms with van der Waals surface area (Å²) in [6.07, 6.45) is 2.84. The zero-order valence-electron chi connectivity index (χ0n) is 20.7. The predicted molar refractivity (Wildman–Crippen MR) is 123 cm³/mol. The van der Waals surface area contributed by atoms with E-state index in [9.17, 15) is 29.7 Å². The van der Waals surface area contributed by atoms with Gasteiger partial charge in [-0.2, -0.15) is 0 Å². The van der Waals surface area contributed by atoms with E-state index in [-0.39, 0.29) is 18.4 Å². The van der Waals surface area contributed by atoms with Gasteiger partial charge in [-0.05, 0) is 82.5 Å². The Morgan fingerprint density at radius 3 is 2.57 bits per heavy atom. The number of likely N-dealkylation sites (tertiary alicyclic amines) is 1. The third kappa shape index (κ3) is 5.13. The molecule has 2 heterocycles. The molecule has 198 valence electrons. The van der Waals surface area contributed by atoms with Gasteiger partial charge in [-0.1, -0.05) is 6.92 Å². The summed E-state index contributed by atoms with van der Waals surface area (Å²) in [6.45, 7) is 3.67. The average molecular weight is 497 g/mol. The fourth-order valence-corrected chi connectivity index (χ4v) is 6.53. The van der Waals surface area contributed by atoms with E-state index in [0.29, 0.717) is 50.9 Å². The van der Waals surface area contributed by atoms with Crippen LogP contribution in [0.15, 0.2) is 0 Å². The third-order valence-electron chi connectivity index (χ3n) is 8.86. The molecule has 1 amide bonds. The second-order valence-corrected chi connectivity index (χ2v) is 11.1. The van der Waals surface area contributed by atoms with Gasteiger partial charge in [0.05, 0.1) is 12.2 Å². The minimum atomic E-state index is -2.31. The fourth-order valence-electron chi connectivity index (χ4n) is 6.53. The number of piperidine rings is 1. The van der Waals surface area contributed by atoms with Crippen LogP contribution in [0.5, 0.6) is 0 Å². The van der Waals surface area contributed by atoms with Crippen molar-refractivity contribution in [2.45, 2.75) is 108 Å². The molecule has 4 fully saturated rings. The second-order valence-electron chi connectivity index (χ2n) is 11.1. The molecule has 10 nitrogen and oxygen atoms in total. The molecule has 2 saturated heterocycles. The molecule has 0 aromatic carbocycles. The highest BCUT2D eigenvalue weighted by Gasteiger charge is 2.52. The molecule has 10 atom stereocenters. The molecule has 0 spiro atoms. The van der Waals surface area contributed by atoms with Gasteiger partial charge in [0.25, 0.3) is 11.7 Å². The number of esters is 1.